The molecule has 0 saturated heterocycles. The molecule has 1 aliphatic rings. The number of carbonyl (C=O) groups excluding carboxylic acids is 1. The van der Waals surface area contributed by atoms with Gasteiger partial charge >= 0.3 is 0 Å². The van der Waals surface area contributed by atoms with Crippen molar-refractivity contribution in [2.45, 2.75) is 17.4 Å². The third-order valence-electron chi connectivity index (χ3n) is 3.77. The van der Waals surface area contributed by atoms with Gasteiger partial charge in [0.25, 0.3) is 10.0 Å². The minimum atomic E-state index is -3.78. The second-order valence-electron chi connectivity index (χ2n) is 5.08. The second kappa shape index (κ2) is 5.46. The van der Waals surface area contributed by atoms with Gasteiger partial charge in [-0.1, -0.05) is 36.4 Å². The standard InChI is InChI=1S/C16H16N2O3S/c1-17-16(19)15-11-12-7-5-6-10-14(12)18(15)22(20,21)13-8-3-2-4-9-13/h2-10,15H,11H2,1H3,(H,17,19). The van der Waals surface area contributed by atoms with Gasteiger partial charge in [0.15, 0.2) is 0 Å². The van der Waals surface area contributed by atoms with Gasteiger partial charge in [0.2, 0.25) is 5.91 Å². The number of benzene rings is 2. The molecule has 1 aliphatic heterocycles. The fraction of sp³-hybridized carbons (Fsp3) is 0.188. The molecule has 0 saturated carbocycles. The number of anilines is 1. The van der Waals surface area contributed by atoms with Crippen LogP contribution < -0.4 is 9.62 Å². The van der Waals surface area contributed by atoms with E-state index >= 15 is 0 Å². The Hall–Kier alpha value is -2.34. The summed E-state index contributed by atoms with van der Waals surface area (Å²) in [5.41, 5.74) is 1.43. The van der Waals surface area contributed by atoms with Gasteiger partial charge in [-0.05, 0) is 23.8 Å². The summed E-state index contributed by atoms with van der Waals surface area (Å²) >= 11 is 0. The van der Waals surface area contributed by atoms with Gasteiger partial charge < -0.3 is 5.32 Å². The van der Waals surface area contributed by atoms with Gasteiger partial charge in [-0.25, -0.2) is 8.42 Å². The summed E-state index contributed by atoms with van der Waals surface area (Å²) in [6.45, 7) is 0. The number of amides is 1. The molecule has 1 N–H and O–H groups in total. The SMILES string of the molecule is CNC(=O)C1Cc2ccccc2N1S(=O)(=O)c1ccccc1. The van der Waals surface area contributed by atoms with Crippen molar-refractivity contribution < 1.29 is 13.2 Å². The summed E-state index contributed by atoms with van der Waals surface area (Å²) < 4.78 is 27.2. The van der Waals surface area contributed by atoms with Gasteiger partial charge in [-0.2, -0.15) is 0 Å². The van der Waals surface area contributed by atoms with E-state index < -0.39 is 16.1 Å². The summed E-state index contributed by atoms with van der Waals surface area (Å²) in [5, 5.41) is 2.55. The predicted molar refractivity (Wildman–Crippen MR) is 84.1 cm³/mol. The molecule has 0 aliphatic carbocycles. The summed E-state index contributed by atoms with van der Waals surface area (Å²) in [6, 6.07) is 14.6. The molecule has 1 atom stereocenters. The maximum atomic E-state index is 13.0. The first-order chi connectivity index (χ1) is 10.6. The first-order valence-electron chi connectivity index (χ1n) is 6.94. The van der Waals surface area contributed by atoms with Crippen LogP contribution in [-0.2, 0) is 21.2 Å². The number of fused-ring (bicyclic) bond motifs is 1. The Morgan fingerprint density at radius 2 is 1.73 bits per heavy atom. The van der Waals surface area contributed by atoms with Crippen LogP contribution in [0, 0.1) is 0 Å². The quantitative estimate of drug-likeness (QED) is 0.934. The van der Waals surface area contributed by atoms with Crippen LogP contribution in [0.4, 0.5) is 5.69 Å². The van der Waals surface area contributed by atoms with E-state index in [1.54, 1.807) is 30.3 Å². The summed E-state index contributed by atoms with van der Waals surface area (Å²) in [6.07, 6.45) is 0.377. The van der Waals surface area contributed by atoms with Crippen molar-refractivity contribution in [1.29, 1.82) is 0 Å². The highest BCUT2D eigenvalue weighted by Gasteiger charge is 2.41. The molecule has 1 amide bonds. The highest BCUT2D eigenvalue weighted by atomic mass is 32.2. The normalized spacial score (nSPS) is 17.1. The minimum absolute atomic E-state index is 0.181. The molecule has 114 valence electrons. The lowest BCUT2D eigenvalue weighted by Gasteiger charge is -2.25. The van der Waals surface area contributed by atoms with Gasteiger partial charge in [0.1, 0.15) is 6.04 Å². The molecule has 0 bridgehead atoms. The van der Waals surface area contributed by atoms with Crippen LogP contribution in [0.25, 0.3) is 0 Å². The van der Waals surface area contributed by atoms with Crippen molar-refractivity contribution in [2.75, 3.05) is 11.4 Å². The lowest BCUT2D eigenvalue weighted by atomic mass is 10.1. The van der Waals surface area contributed by atoms with Crippen LogP contribution in [0.3, 0.4) is 0 Å². The number of carbonyl (C=O) groups is 1. The Kier molecular flexibility index (Phi) is 3.62. The smallest absolute Gasteiger partial charge is 0.265 e. The maximum absolute atomic E-state index is 13.0. The molecule has 1 unspecified atom stereocenters. The Labute approximate surface area is 129 Å². The third-order valence-corrected chi connectivity index (χ3v) is 5.61. The van der Waals surface area contributed by atoms with Crippen molar-refractivity contribution in [3.05, 3.63) is 60.2 Å². The molecule has 2 aromatic carbocycles. The molecular formula is C16H16N2O3S. The van der Waals surface area contributed by atoms with Crippen LogP contribution in [0.15, 0.2) is 59.5 Å². The number of rotatable bonds is 3. The molecule has 6 heteroatoms. The first kappa shape index (κ1) is 14.6. The van der Waals surface area contributed by atoms with E-state index in [-0.39, 0.29) is 10.8 Å². The van der Waals surface area contributed by atoms with Crippen molar-refractivity contribution in [3.8, 4) is 0 Å². The largest absolute Gasteiger partial charge is 0.357 e. The zero-order valence-electron chi connectivity index (χ0n) is 12.1. The van der Waals surface area contributed by atoms with Gasteiger partial charge in [-0.3, -0.25) is 9.10 Å². The highest BCUT2D eigenvalue weighted by Crippen LogP contribution is 2.36. The van der Waals surface area contributed by atoms with Crippen molar-refractivity contribution in [3.63, 3.8) is 0 Å². The van der Waals surface area contributed by atoms with Gasteiger partial charge in [-0.15, -0.1) is 0 Å². The van der Waals surface area contributed by atoms with E-state index in [0.29, 0.717) is 12.1 Å². The molecule has 1 heterocycles. The van der Waals surface area contributed by atoms with E-state index in [2.05, 4.69) is 5.32 Å². The zero-order valence-corrected chi connectivity index (χ0v) is 12.9. The number of sulfonamides is 1. The third kappa shape index (κ3) is 2.25. The molecule has 0 radical (unpaired) electrons. The highest BCUT2D eigenvalue weighted by molar-refractivity contribution is 7.93. The van der Waals surface area contributed by atoms with E-state index in [4.69, 9.17) is 0 Å². The molecule has 5 nitrogen and oxygen atoms in total. The number of likely N-dealkylation sites (N-methyl/N-ethyl adjacent to an activating group) is 1. The van der Waals surface area contributed by atoms with Gasteiger partial charge in [0, 0.05) is 13.5 Å². The number of hydrogen-bond acceptors (Lipinski definition) is 3. The topological polar surface area (TPSA) is 66.5 Å². The lowest BCUT2D eigenvalue weighted by molar-refractivity contribution is -0.121. The predicted octanol–water partition coefficient (Wildman–Crippen LogP) is 1.55. The number of para-hydroxylation sites is 1. The van der Waals surface area contributed by atoms with Gasteiger partial charge in [0.05, 0.1) is 10.6 Å². The fourth-order valence-corrected chi connectivity index (χ4v) is 4.40. The van der Waals surface area contributed by atoms with E-state index in [0.717, 1.165) is 5.56 Å². The van der Waals surface area contributed by atoms with Crippen LogP contribution in [0.2, 0.25) is 0 Å². The average Bonchev–Trinajstić information content (AvgIpc) is 2.95. The Morgan fingerprint density at radius 1 is 1.09 bits per heavy atom. The van der Waals surface area contributed by atoms with Crippen molar-refractivity contribution in [2.24, 2.45) is 0 Å². The monoisotopic (exact) mass is 316 g/mol. The number of nitrogens with zero attached hydrogens (tertiary/aromatic N) is 1. The molecule has 22 heavy (non-hydrogen) atoms. The van der Waals surface area contributed by atoms with Crippen LogP contribution in [-0.4, -0.2) is 27.4 Å². The number of hydrogen-bond donors (Lipinski definition) is 1. The second-order valence-corrected chi connectivity index (χ2v) is 6.89. The maximum Gasteiger partial charge on any atom is 0.265 e. The zero-order chi connectivity index (χ0) is 15.7. The first-order valence-corrected chi connectivity index (χ1v) is 8.38. The molecular weight excluding hydrogens is 300 g/mol. The molecule has 0 spiro atoms. The Bertz CT molecular complexity index is 803. The van der Waals surface area contributed by atoms with E-state index in [1.807, 2.05) is 12.1 Å². The summed E-state index contributed by atoms with van der Waals surface area (Å²) in [5.74, 6) is -0.310. The Balaban J connectivity index is 2.15. The van der Waals surface area contributed by atoms with E-state index in [1.165, 1.54) is 23.5 Å². The van der Waals surface area contributed by atoms with Crippen molar-refractivity contribution >= 4 is 21.6 Å². The Morgan fingerprint density at radius 3 is 2.41 bits per heavy atom. The van der Waals surface area contributed by atoms with Crippen LogP contribution in [0.1, 0.15) is 5.56 Å². The average molecular weight is 316 g/mol. The summed E-state index contributed by atoms with van der Waals surface area (Å²) in [7, 11) is -2.27. The molecule has 0 fully saturated rings. The molecule has 3 rings (SSSR count). The fourth-order valence-electron chi connectivity index (χ4n) is 2.73. The summed E-state index contributed by atoms with van der Waals surface area (Å²) in [4.78, 5) is 12.3. The molecule has 2 aromatic rings. The number of nitrogens with one attached hydrogen (secondary N) is 1. The molecule has 0 aromatic heterocycles. The van der Waals surface area contributed by atoms with E-state index in [9.17, 15) is 13.2 Å². The lowest BCUT2D eigenvalue weighted by Crippen LogP contribution is -2.47. The minimum Gasteiger partial charge on any atom is -0.357 e. The van der Waals surface area contributed by atoms with Crippen molar-refractivity contribution in [1.82, 2.24) is 5.32 Å². The van der Waals surface area contributed by atoms with Crippen LogP contribution in [0.5, 0.6) is 0 Å². The van der Waals surface area contributed by atoms with Crippen LogP contribution >= 0.6 is 0 Å².